The third kappa shape index (κ3) is 2.74. The van der Waals surface area contributed by atoms with Gasteiger partial charge >= 0.3 is 0 Å². The van der Waals surface area contributed by atoms with Gasteiger partial charge in [0.15, 0.2) is 0 Å². The third-order valence-electron chi connectivity index (χ3n) is 5.62. The van der Waals surface area contributed by atoms with Crippen molar-refractivity contribution in [3.63, 3.8) is 0 Å². The highest BCUT2D eigenvalue weighted by atomic mass is 16.2. The molecule has 0 aliphatic carbocycles. The number of hydrogen-bond acceptors (Lipinski definition) is 3. The number of fused-ring (bicyclic) bond motifs is 1. The Labute approximate surface area is 154 Å². The van der Waals surface area contributed by atoms with Crippen LogP contribution in [0.15, 0.2) is 60.7 Å². The molecule has 4 nitrogen and oxygen atoms in total. The molecule has 3 atom stereocenters. The number of hydrogen-bond donors (Lipinski definition) is 0. The highest BCUT2D eigenvalue weighted by Crippen LogP contribution is 2.43. The molecular formula is C22H24N2O2. The fourth-order valence-corrected chi connectivity index (χ4v) is 4.58. The summed E-state index contributed by atoms with van der Waals surface area (Å²) in [7, 11) is 0. The number of amides is 2. The molecule has 2 saturated heterocycles. The second-order valence-corrected chi connectivity index (χ2v) is 7.63. The number of para-hydroxylation sites is 1. The van der Waals surface area contributed by atoms with Gasteiger partial charge in [0.05, 0.1) is 17.5 Å². The molecule has 0 saturated carbocycles. The van der Waals surface area contributed by atoms with Gasteiger partial charge in [-0.3, -0.25) is 14.5 Å². The molecule has 0 N–H and O–H groups in total. The van der Waals surface area contributed by atoms with Crippen LogP contribution in [0.1, 0.15) is 19.4 Å². The predicted molar refractivity (Wildman–Crippen MR) is 101 cm³/mol. The van der Waals surface area contributed by atoms with Crippen molar-refractivity contribution in [3.05, 3.63) is 66.2 Å². The molecule has 134 valence electrons. The Kier molecular flexibility index (Phi) is 4.37. The van der Waals surface area contributed by atoms with E-state index in [1.807, 2.05) is 48.5 Å². The van der Waals surface area contributed by atoms with E-state index in [9.17, 15) is 9.59 Å². The molecular weight excluding hydrogens is 324 g/mol. The molecule has 26 heavy (non-hydrogen) atoms. The number of carbonyl (C=O) groups excluding carboxylic acids is 2. The van der Waals surface area contributed by atoms with E-state index in [0.717, 1.165) is 6.54 Å². The first-order valence-electron chi connectivity index (χ1n) is 9.28. The molecule has 2 fully saturated rings. The highest BCUT2D eigenvalue weighted by molar-refractivity contribution is 6.22. The molecule has 0 unspecified atom stereocenters. The van der Waals surface area contributed by atoms with E-state index < -0.39 is 0 Å². The summed E-state index contributed by atoms with van der Waals surface area (Å²) in [6, 6.07) is 19.7. The summed E-state index contributed by atoms with van der Waals surface area (Å²) in [4.78, 5) is 30.0. The zero-order chi connectivity index (χ0) is 18.3. The number of carbonyl (C=O) groups is 2. The van der Waals surface area contributed by atoms with Gasteiger partial charge in [-0.15, -0.1) is 0 Å². The minimum atomic E-state index is -0.244. The van der Waals surface area contributed by atoms with Crippen molar-refractivity contribution in [2.45, 2.75) is 26.4 Å². The van der Waals surface area contributed by atoms with Crippen LogP contribution in [-0.4, -0.2) is 29.3 Å². The Morgan fingerprint density at radius 2 is 1.54 bits per heavy atom. The van der Waals surface area contributed by atoms with Crippen LogP contribution in [0, 0.1) is 17.8 Å². The lowest BCUT2D eigenvalue weighted by Gasteiger charge is -2.31. The van der Waals surface area contributed by atoms with Crippen molar-refractivity contribution in [2.75, 3.05) is 11.4 Å². The summed E-state index contributed by atoms with van der Waals surface area (Å²) in [5, 5.41) is 0. The average Bonchev–Trinajstić information content (AvgIpc) is 3.12. The SMILES string of the molecule is CC(C)[C@H]1[C@@H]2C(=O)N(c3ccccc3)C(=O)[C@@H]2CN1Cc1ccccc1. The van der Waals surface area contributed by atoms with E-state index in [0.29, 0.717) is 18.2 Å². The second-order valence-electron chi connectivity index (χ2n) is 7.63. The van der Waals surface area contributed by atoms with Gasteiger partial charge in [-0.1, -0.05) is 62.4 Å². The molecule has 0 spiro atoms. The summed E-state index contributed by atoms with van der Waals surface area (Å²) in [5.74, 6) is -0.265. The van der Waals surface area contributed by atoms with E-state index >= 15 is 0 Å². The Bertz CT molecular complexity index is 803. The second kappa shape index (κ2) is 6.69. The normalized spacial score (nSPS) is 26.0. The first-order chi connectivity index (χ1) is 12.6. The van der Waals surface area contributed by atoms with Crippen LogP contribution in [0.4, 0.5) is 5.69 Å². The number of likely N-dealkylation sites (tertiary alicyclic amines) is 1. The molecule has 2 aliphatic rings. The summed E-state index contributed by atoms with van der Waals surface area (Å²) in [6.07, 6.45) is 0. The maximum absolute atomic E-state index is 13.2. The summed E-state index contributed by atoms with van der Waals surface area (Å²) in [5.41, 5.74) is 1.91. The highest BCUT2D eigenvalue weighted by Gasteiger charge is 2.58. The zero-order valence-electron chi connectivity index (χ0n) is 15.2. The van der Waals surface area contributed by atoms with Gasteiger partial charge in [0.2, 0.25) is 11.8 Å². The van der Waals surface area contributed by atoms with Crippen LogP contribution in [0.3, 0.4) is 0 Å². The first kappa shape index (κ1) is 17.0. The van der Waals surface area contributed by atoms with E-state index in [1.165, 1.54) is 10.5 Å². The Hall–Kier alpha value is -2.46. The van der Waals surface area contributed by atoms with E-state index in [4.69, 9.17) is 0 Å². The molecule has 2 aliphatic heterocycles. The summed E-state index contributed by atoms with van der Waals surface area (Å²) in [6.45, 7) is 5.72. The molecule has 0 radical (unpaired) electrons. The standard InChI is InChI=1S/C22H24N2O2/c1-15(2)20-19-18(14-23(20)13-16-9-5-3-6-10-16)21(25)24(22(19)26)17-11-7-4-8-12-17/h3-12,15,18-20H,13-14H2,1-2H3/t18-,19-,20+/m1/s1. The lowest BCUT2D eigenvalue weighted by molar-refractivity contribution is -0.123. The van der Waals surface area contributed by atoms with Crippen molar-refractivity contribution in [1.29, 1.82) is 0 Å². The largest absolute Gasteiger partial charge is 0.294 e. The average molecular weight is 348 g/mol. The topological polar surface area (TPSA) is 40.6 Å². The van der Waals surface area contributed by atoms with E-state index in [-0.39, 0.29) is 29.7 Å². The number of anilines is 1. The fraction of sp³-hybridized carbons (Fsp3) is 0.364. The van der Waals surface area contributed by atoms with Crippen LogP contribution >= 0.6 is 0 Å². The molecule has 0 bridgehead atoms. The quantitative estimate of drug-likeness (QED) is 0.796. The number of rotatable bonds is 4. The first-order valence-corrected chi connectivity index (χ1v) is 9.28. The number of benzene rings is 2. The maximum atomic E-state index is 13.2. The van der Waals surface area contributed by atoms with Crippen molar-refractivity contribution in [1.82, 2.24) is 4.90 Å². The van der Waals surface area contributed by atoms with Crippen LogP contribution in [-0.2, 0) is 16.1 Å². The Balaban J connectivity index is 1.63. The monoisotopic (exact) mass is 348 g/mol. The van der Waals surface area contributed by atoms with Crippen LogP contribution in [0.2, 0.25) is 0 Å². The molecule has 2 aromatic carbocycles. The van der Waals surface area contributed by atoms with Gasteiger partial charge in [0.1, 0.15) is 0 Å². The van der Waals surface area contributed by atoms with Gasteiger partial charge in [-0.05, 0) is 23.6 Å². The van der Waals surface area contributed by atoms with Crippen molar-refractivity contribution in [3.8, 4) is 0 Å². The lowest BCUT2D eigenvalue weighted by Crippen LogP contribution is -2.43. The van der Waals surface area contributed by atoms with Gasteiger partial charge in [-0.2, -0.15) is 0 Å². The minimum absolute atomic E-state index is 0.0412. The zero-order valence-corrected chi connectivity index (χ0v) is 15.2. The molecule has 0 aromatic heterocycles. The third-order valence-corrected chi connectivity index (χ3v) is 5.62. The predicted octanol–water partition coefficient (Wildman–Crippen LogP) is 3.33. The van der Waals surface area contributed by atoms with Crippen molar-refractivity contribution in [2.24, 2.45) is 17.8 Å². The van der Waals surface area contributed by atoms with Crippen LogP contribution in [0.25, 0.3) is 0 Å². The Morgan fingerprint density at radius 1 is 0.923 bits per heavy atom. The lowest BCUT2D eigenvalue weighted by atomic mass is 9.87. The minimum Gasteiger partial charge on any atom is -0.294 e. The van der Waals surface area contributed by atoms with Crippen LogP contribution < -0.4 is 4.90 Å². The molecule has 2 aromatic rings. The van der Waals surface area contributed by atoms with Gasteiger partial charge in [0.25, 0.3) is 0 Å². The summed E-state index contributed by atoms with van der Waals surface area (Å²) >= 11 is 0. The van der Waals surface area contributed by atoms with Crippen molar-refractivity contribution < 1.29 is 9.59 Å². The van der Waals surface area contributed by atoms with Crippen molar-refractivity contribution >= 4 is 17.5 Å². The van der Waals surface area contributed by atoms with Gasteiger partial charge in [-0.25, -0.2) is 4.90 Å². The summed E-state index contributed by atoms with van der Waals surface area (Å²) < 4.78 is 0. The van der Waals surface area contributed by atoms with E-state index in [2.05, 4.69) is 30.9 Å². The smallest absolute Gasteiger partial charge is 0.239 e. The van der Waals surface area contributed by atoms with Gasteiger partial charge < -0.3 is 0 Å². The maximum Gasteiger partial charge on any atom is 0.239 e. The number of imide groups is 1. The molecule has 4 heteroatoms. The Morgan fingerprint density at radius 3 is 2.15 bits per heavy atom. The number of nitrogens with zero attached hydrogens (tertiary/aromatic N) is 2. The molecule has 2 heterocycles. The van der Waals surface area contributed by atoms with Gasteiger partial charge in [0, 0.05) is 19.1 Å². The molecule has 4 rings (SSSR count). The fourth-order valence-electron chi connectivity index (χ4n) is 4.58. The molecule has 2 amide bonds. The van der Waals surface area contributed by atoms with Crippen LogP contribution in [0.5, 0.6) is 0 Å². The van der Waals surface area contributed by atoms with E-state index in [1.54, 1.807) is 0 Å².